The van der Waals surface area contributed by atoms with Crippen molar-refractivity contribution >= 4 is 0 Å². The van der Waals surface area contributed by atoms with Gasteiger partial charge in [-0.05, 0) is 97.2 Å². The van der Waals surface area contributed by atoms with Gasteiger partial charge in [0.05, 0.1) is 0 Å². The highest BCUT2D eigenvalue weighted by Crippen LogP contribution is 2.39. The first kappa shape index (κ1) is 28.2. The molecule has 0 saturated carbocycles. The fourth-order valence-electron chi connectivity index (χ4n) is 4.67. The lowest BCUT2D eigenvalue weighted by Crippen LogP contribution is -2.17. The Bertz CT molecular complexity index is 1090. The van der Waals surface area contributed by atoms with Gasteiger partial charge in [-0.15, -0.1) is 0 Å². The van der Waals surface area contributed by atoms with Crippen LogP contribution in [-0.2, 0) is 21.7 Å². The molecule has 0 aliphatic carbocycles. The van der Waals surface area contributed by atoms with Gasteiger partial charge in [-0.1, -0.05) is 126 Å². The Kier molecular flexibility index (Phi) is 7.21. The van der Waals surface area contributed by atoms with E-state index in [1.54, 1.807) is 0 Å². The van der Waals surface area contributed by atoms with Crippen LogP contribution in [0.5, 0.6) is 0 Å². The highest BCUT2D eigenvalue weighted by Gasteiger charge is 2.24. The number of hydrogen-bond acceptors (Lipinski definition) is 0. The lowest BCUT2D eigenvalue weighted by atomic mass is 9.77. The molecule has 3 aromatic rings. The molecule has 0 bridgehead atoms. The normalized spacial score (nSPS) is 13.3. The van der Waals surface area contributed by atoms with Gasteiger partial charge in [0.25, 0.3) is 0 Å². The molecule has 0 spiro atoms. The van der Waals surface area contributed by atoms with Crippen molar-refractivity contribution in [2.24, 2.45) is 0 Å². The molecule has 36 heavy (non-hydrogen) atoms. The molecule has 3 aromatic carbocycles. The van der Waals surface area contributed by atoms with Gasteiger partial charge < -0.3 is 0 Å². The summed E-state index contributed by atoms with van der Waals surface area (Å²) in [4.78, 5) is 0. The van der Waals surface area contributed by atoms with Crippen molar-refractivity contribution in [2.75, 3.05) is 0 Å². The number of hydrogen-bond donors (Lipinski definition) is 0. The van der Waals surface area contributed by atoms with Crippen LogP contribution >= 0.6 is 0 Å². The van der Waals surface area contributed by atoms with Gasteiger partial charge in [0.2, 0.25) is 0 Å². The summed E-state index contributed by atoms with van der Waals surface area (Å²) >= 11 is 0. The molecule has 0 fully saturated rings. The third-order valence-electron chi connectivity index (χ3n) is 7.38. The van der Waals surface area contributed by atoms with Crippen LogP contribution in [0.3, 0.4) is 0 Å². The van der Waals surface area contributed by atoms with Crippen LogP contribution < -0.4 is 0 Å². The first-order valence-corrected chi connectivity index (χ1v) is 13.5. The van der Waals surface area contributed by atoms with E-state index in [9.17, 15) is 0 Å². The monoisotopic (exact) mass is 481 g/mol. The molecule has 0 amide bonds. The predicted octanol–water partition coefficient (Wildman–Crippen LogP) is 10.6. The van der Waals surface area contributed by atoms with E-state index >= 15 is 0 Å². The minimum atomic E-state index is 0.0834. The minimum absolute atomic E-state index is 0.0834. The zero-order valence-electron chi connectivity index (χ0n) is 25.5. The summed E-state index contributed by atoms with van der Waals surface area (Å²) in [6.07, 6.45) is 0. The Morgan fingerprint density at radius 3 is 0.861 bits per heavy atom. The third-order valence-corrected chi connectivity index (χ3v) is 7.38. The maximum Gasteiger partial charge on any atom is -0.000879 e. The molecule has 193 valence electrons. The Hall–Kier alpha value is -2.34. The van der Waals surface area contributed by atoms with Crippen molar-refractivity contribution in [3.8, 4) is 22.3 Å². The molecule has 0 aliphatic rings. The molecule has 0 unspecified atom stereocenters. The molecule has 3 rings (SSSR count). The highest BCUT2D eigenvalue weighted by molar-refractivity contribution is 5.78. The van der Waals surface area contributed by atoms with E-state index in [0.717, 1.165) is 0 Å². The summed E-state index contributed by atoms with van der Waals surface area (Å²) in [6.45, 7) is 32.2. The number of rotatable bonds is 2. The van der Waals surface area contributed by atoms with Crippen LogP contribution in [-0.4, -0.2) is 0 Å². The van der Waals surface area contributed by atoms with Gasteiger partial charge in [0.15, 0.2) is 0 Å². The Morgan fingerprint density at radius 2 is 0.639 bits per heavy atom. The summed E-state index contributed by atoms with van der Waals surface area (Å²) in [7, 11) is 0. The van der Waals surface area contributed by atoms with E-state index in [1.807, 2.05) is 0 Å². The van der Waals surface area contributed by atoms with E-state index in [4.69, 9.17) is 0 Å². The first-order chi connectivity index (χ1) is 16.2. The fraction of sp³-hybridized carbons (Fsp3) is 0.500. The first-order valence-electron chi connectivity index (χ1n) is 13.5. The average molecular weight is 482 g/mol. The summed E-state index contributed by atoms with van der Waals surface area (Å²) < 4.78 is 0. The second-order valence-corrected chi connectivity index (χ2v) is 15.0. The zero-order valence-corrected chi connectivity index (χ0v) is 25.5. The molecule has 0 N–H and O–H groups in total. The summed E-state index contributed by atoms with van der Waals surface area (Å²) in [5.74, 6) is 0. The van der Waals surface area contributed by atoms with Crippen molar-refractivity contribution in [3.05, 3.63) is 81.9 Å². The van der Waals surface area contributed by atoms with Gasteiger partial charge in [-0.2, -0.15) is 0 Å². The van der Waals surface area contributed by atoms with Gasteiger partial charge in [0.1, 0.15) is 0 Å². The smallest absolute Gasteiger partial charge is 0.000879 e. The van der Waals surface area contributed by atoms with E-state index in [1.165, 1.54) is 55.6 Å². The Balaban J connectivity index is 2.33. The van der Waals surface area contributed by atoms with Crippen LogP contribution in [0.1, 0.15) is 116 Å². The lowest BCUT2D eigenvalue weighted by Gasteiger charge is -2.27. The predicted molar refractivity (Wildman–Crippen MR) is 160 cm³/mol. The molecular formula is C36H49. The van der Waals surface area contributed by atoms with Gasteiger partial charge in [0, 0.05) is 0 Å². The second-order valence-electron chi connectivity index (χ2n) is 15.0. The van der Waals surface area contributed by atoms with E-state index in [-0.39, 0.29) is 21.7 Å². The standard InChI is InChI=1S/C36H49/c1-23-15-24(2)32(26-18-29(35(9,10)11)21-30(19-26)36(12,13)14)22-31(23)25-16-27(33(3,4)5)20-28(17-25)34(6,7)8/h15-21H,1-14H3. The quantitative estimate of drug-likeness (QED) is 0.341. The molecule has 0 heterocycles. The van der Waals surface area contributed by atoms with Crippen molar-refractivity contribution in [1.82, 2.24) is 0 Å². The van der Waals surface area contributed by atoms with E-state index in [0.29, 0.717) is 0 Å². The van der Waals surface area contributed by atoms with Gasteiger partial charge in [-0.3, -0.25) is 0 Å². The van der Waals surface area contributed by atoms with Crippen molar-refractivity contribution in [1.29, 1.82) is 0 Å². The molecule has 0 nitrogen and oxygen atoms in total. The number of aryl methyl sites for hydroxylation is 2. The van der Waals surface area contributed by atoms with Crippen molar-refractivity contribution in [2.45, 2.75) is 119 Å². The fourth-order valence-corrected chi connectivity index (χ4v) is 4.67. The van der Waals surface area contributed by atoms with E-state index < -0.39 is 0 Å². The van der Waals surface area contributed by atoms with Crippen molar-refractivity contribution < 1.29 is 0 Å². The van der Waals surface area contributed by atoms with Crippen LogP contribution in [0, 0.1) is 19.9 Å². The maximum absolute atomic E-state index is 3.93. The topological polar surface area (TPSA) is 0 Å². The maximum atomic E-state index is 3.93. The summed E-state index contributed by atoms with van der Waals surface area (Å²) in [5.41, 5.74) is 13.4. The van der Waals surface area contributed by atoms with Crippen LogP contribution in [0.25, 0.3) is 22.3 Å². The Labute approximate surface area is 222 Å². The minimum Gasteiger partial charge on any atom is -0.0561 e. The Morgan fingerprint density at radius 1 is 0.389 bits per heavy atom. The molecule has 0 atom stereocenters. The lowest BCUT2D eigenvalue weighted by molar-refractivity contribution is 0.568. The number of benzene rings is 3. The molecule has 0 heteroatoms. The van der Waals surface area contributed by atoms with Gasteiger partial charge in [-0.25, -0.2) is 0 Å². The van der Waals surface area contributed by atoms with Crippen LogP contribution in [0.15, 0.2) is 42.5 Å². The largest absolute Gasteiger partial charge is 0.0561 e. The highest BCUT2D eigenvalue weighted by atomic mass is 14.3. The second kappa shape index (κ2) is 9.20. The third kappa shape index (κ3) is 6.13. The molecule has 0 aliphatic heterocycles. The summed E-state index contributed by atoms with van der Waals surface area (Å²) in [5, 5.41) is 0. The molecular weight excluding hydrogens is 432 g/mol. The van der Waals surface area contributed by atoms with Gasteiger partial charge >= 0.3 is 0 Å². The van der Waals surface area contributed by atoms with Crippen molar-refractivity contribution in [3.63, 3.8) is 0 Å². The average Bonchev–Trinajstić information content (AvgIpc) is 2.70. The molecule has 1 radical (unpaired) electrons. The zero-order chi connectivity index (χ0) is 27.4. The van der Waals surface area contributed by atoms with Crippen LogP contribution in [0.2, 0.25) is 0 Å². The molecule has 0 aromatic heterocycles. The van der Waals surface area contributed by atoms with E-state index in [2.05, 4.69) is 145 Å². The van der Waals surface area contributed by atoms with Crippen LogP contribution in [0.4, 0.5) is 0 Å². The summed E-state index contributed by atoms with van der Waals surface area (Å²) in [6, 6.07) is 20.6. The molecule has 0 saturated heterocycles. The SMILES string of the molecule is Cc1cc(C)c(-c2cc(C(C)(C)C)cc(C(C)(C)C)c2)[c]c1-c1cc(C(C)(C)C)cc(C(C)(C)C)c1.